The molecule has 2 N–H and O–H groups in total. The summed E-state index contributed by atoms with van der Waals surface area (Å²) < 4.78 is 34.2. The van der Waals surface area contributed by atoms with Crippen LogP contribution in [0, 0.1) is 0 Å². The van der Waals surface area contributed by atoms with Gasteiger partial charge in [-0.3, -0.25) is 4.99 Å². The molecule has 0 heterocycles. The van der Waals surface area contributed by atoms with E-state index in [1.807, 2.05) is 32.0 Å². The maximum absolute atomic E-state index is 11.5. The molecule has 7 nitrogen and oxygen atoms in total. The lowest BCUT2D eigenvalue weighted by Gasteiger charge is -2.14. The van der Waals surface area contributed by atoms with Crippen LogP contribution in [0.25, 0.3) is 0 Å². The quantitative estimate of drug-likeness (QED) is 0.268. The molecule has 0 spiro atoms. The van der Waals surface area contributed by atoms with E-state index in [0.29, 0.717) is 32.3 Å². The number of benzene rings is 1. The monoisotopic (exact) mass is 513 g/mol. The molecule has 156 valence electrons. The summed E-state index contributed by atoms with van der Waals surface area (Å²) in [6.07, 6.45) is 0.778. The van der Waals surface area contributed by atoms with Crippen LogP contribution in [-0.4, -0.2) is 59.2 Å². The summed E-state index contributed by atoms with van der Waals surface area (Å²) in [5.41, 5.74) is 1.12. The Morgan fingerprint density at radius 3 is 2.26 bits per heavy atom. The smallest absolute Gasteiger partial charge is 0.191 e. The normalized spacial score (nSPS) is 11.5. The van der Waals surface area contributed by atoms with Gasteiger partial charge in [0.1, 0.15) is 0 Å². The summed E-state index contributed by atoms with van der Waals surface area (Å²) in [4.78, 5) is 4.10. The molecule has 1 aromatic carbocycles. The first-order chi connectivity index (χ1) is 12.5. The minimum absolute atomic E-state index is 0. The first-order valence-electron chi connectivity index (χ1n) is 8.99. The second-order valence-corrected chi connectivity index (χ2v) is 8.03. The Hall–Kier alpha value is -1.23. The van der Waals surface area contributed by atoms with Gasteiger partial charge in [-0.25, -0.2) is 8.42 Å². The van der Waals surface area contributed by atoms with Gasteiger partial charge in [-0.2, -0.15) is 0 Å². The average Bonchev–Trinajstić information content (AvgIpc) is 2.62. The van der Waals surface area contributed by atoms with Crippen molar-refractivity contribution < 1.29 is 17.9 Å². The van der Waals surface area contributed by atoms with Crippen LogP contribution in [-0.2, 0) is 16.3 Å². The Labute approximate surface area is 180 Å². The molecule has 0 aliphatic heterocycles. The number of nitrogens with one attached hydrogen (secondary N) is 2. The highest BCUT2D eigenvalue weighted by Crippen LogP contribution is 2.28. The number of hydrogen-bond donors (Lipinski definition) is 2. The molecule has 9 heteroatoms. The van der Waals surface area contributed by atoms with Crippen molar-refractivity contribution >= 4 is 39.8 Å². The molecule has 1 aromatic rings. The van der Waals surface area contributed by atoms with Crippen molar-refractivity contribution in [2.75, 3.05) is 44.9 Å². The van der Waals surface area contributed by atoms with E-state index in [-0.39, 0.29) is 35.5 Å². The summed E-state index contributed by atoms with van der Waals surface area (Å²) >= 11 is 0. The lowest BCUT2D eigenvalue weighted by atomic mass is 10.1. The molecule has 0 radical (unpaired) electrons. The number of aliphatic imine (C=N–C) groups is 1. The molecule has 0 saturated carbocycles. The maximum Gasteiger partial charge on any atom is 0.191 e. The van der Waals surface area contributed by atoms with Gasteiger partial charge in [0.05, 0.1) is 19.0 Å². The highest BCUT2D eigenvalue weighted by molar-refractivity contribution is 14.0. The molecular formula is C18H32IN3O4S. The first kappa shape index (κ1) is 25.8. The van der Waals surface area contributed by atoms with Gasteiger partial charge in [0.25, 0.3) is 0 Å². The molecule has 0 aliphatic carbocycles. The van der Waals surface area contributed by atoms with Crippen LogP contribution in [0.4, 0.5) is 0 Å². The molecule has 0 atom stereocenters. The first-order valence-corrected chi connectivity index (χ1v) is 10.8. The van der Waals surface area contributed by atoms with Gasteiger partial charge in [-0.15, -0.1) is 24.0 Å². The van der Waals surface area contributed by atoms with E-state index in [0.717, 1.165) is 23.5 Å². The molecule has 0 aromatic heterocycles. The van der Waals surface area contributed by atoms with Crippen LogP contribution in [0.5, 0.6) is 11.5 Å². The Morgan fingerprint density at radius 1 is 1.04 bits per heavy atom. The van der Waals surface area contributed by atoms with Crippen LogP contribution in [0.1, 0.15) is 26.3 Å². The van der Waals surface area contributed by atoms with Gasteiger partial charge >= 0.3 is 0 Å². The number of halogens is 1. The van der Waals surface area contributed by atoms with Crippen LogP contribution in [0.2, 0.25) is 0 Å². The van der Waals surface area contributed by atoms with Gasteiger partial charge in [0, 0.05) is 25.9 Å². The summed E-state index contributed by atoms with van der Waals surface area (Å²) in [6.45, 7) is 7.72. The zero-order valence-corrected chi connectivity index (χ0v) is 19.7. The van der Waals surface area contributed by atoms with Gasteiger partial charge in [0.2, 0.25) is 0 Å². The molecule has 27 heavy (non-hydrogen) atoms. The van der Waals surface area contributed by atoms with E-state index >= 15 is 0 Å². The van der Waals surface area contributed by atoms with Crippen LogP contribution in [0.3, 0.4) is 0 Å². The largest absolute Gasteiger partial charge is 0.490 e. The van der Waals surface area contributed by atoms with Crippen LogP contribution in [0.15, 0.2) is 23.2 Å². The Balaban J connectivity index is 0.00000676. The van der Waals surface area contributed by atoms with Crippen molar-refractivity contribution in [3.63, 3.8) is 0 Å². The predicted molar refractivity (Wildman–Crippen MR) is 122 cm³/mol. The van der Waals surface area contributed by atoms with Gasteiger partial charge in [0.15, 0.2) is 27.3 Å². The molecule has 0 aliphatic rings. The summed E-state index contributed by atoms with van der Waals surface area (Å²) in [5.74, 6) is 2.34. The molecule has 0 unspecified atom stereocenters. The minimum Gasteiger partial charge on any atom is -0.490 e. The summed E-state index contributed by atoms with van der Waals surface area (Å²) in [6, 6.07) is 5.92. The highest BCUT2D eigenvalue weighted by Gasteiger charge is 2.08. The van der Waals surface area contributed by atoms with E-state index in [1.165, 1.54) is 0 Å². The molecule has 1 rings (SSSR count). The molecule has 0 fully saturated rings. The third-order valence-corrected chi connectivity index (χ3v) is 5.39. The van der Waals surface area contributed by atoms with E-state index in [1.54, 1.807) is 14.0 Å². The average molecular weight is 513 g/mol. The van der Waals surface area contributed by atoms with Gasteiger partial charge < -0.3 is 20.1 Å². The highest BCUT2D eigenvalue weighted by atomic mass is 127. The molecule has 0 saturated heterocycles. The minimum atomic E-state index is -2.98. The van der Waals surface area contributed by atoms with Crippen molar-refractivity contribution in [1.29, 1.82) is 0 Å². The topological polar surface area (TPSA) is 89.0 Å². The Morgan fingerprint density at radius 2 is 1.67 bits per heavy atom. The third-order valence-electron chi connectivity index (χ3n) is 3.68. The Bertz CT molecular complexity index is 681. The predicted octanol–water partition coefficient (Wildman–Crippen LogP) is 2.24. The van der Waals surface area contributed by atoms with Crippen molar-refractivity contribution in [2.45, 2.75) is 27.2 Å². The zero-order chi connectivity index (χ0) is 19.4. The summed E-state index contributed by atoms with van der Waals surface area (Å²) in [5, 5.41) is 6.20. The molecular weight excluding hydrogens is 481 g/mol. The standard InChI is InChI=1S/C18H31N3O4S.HI/c1-5-24-16-9-8-15(14-17(16)25-6-2)10-11-20-18(19-4)21-12-13-26(22,23)7-3;/h8-9,14H,5-7,10-13H2,1-4H3,(H2,19,20,21);1H. The number of sulfone groups is 1. The zero-order valence-electron chi connectivity index (χ0n) is 16.6. The van der Waals surface area contributed by atoms with E-state index in [2.05, 4.69) is 15.6 Å². The Kier molecular flexibility index (Phi) is 13.2. The number of rotatable bonds is 11. The fraction of sp³-hybridized carbons (Fsp3) is 0.611. The lowest BCUT2D eigenvalue weighted by molar-refractivity contribution is 0.287. The van der Waals surface area contributed by atoms with Crippen molar-refractivity contribution in [3.05, 3.63) is 23.8 Å². The number of ether oxygens (including phenoxy) is 2. The fourth-order valence-corrected chi connectivity index (χ4v) is 2.97. The lowest BCUT2D eigenvalue weighted by Crippen LogP contribution is -2.40. The van der Waals surface area contributed by atoms with E-state index in [9.17, 15) is 8.42 Å². The van der Waals surface area contributed by atoms with Crippen molar-refractivity contribution in [2.24, 2.45) is 4.99 Å². The number of hydrogen-bond acceptors (Lipinski definition) is 5. The van der Waals surface area contributed by atoms with Crippen LogP contribution < -0.4 is 20.1 Å². The van der Waals surface area contributed by atoms with Gasteiger partial charge in [-0.1, -0.05) is 13.0 Å². The SMILES string of the molecule is CCOc1ccc(CCNC(=NC)NCCS(=O)(=O)CC)cc1OCC.I. The third kappa shape index (κ3) is 10.0. The number of guanidine groups is 1. The summed E-state index contributed by atoms with van der Waals surface area (Å²) in [7, 11) is -1.32. The van der Waals surface area contributed by atoms with E-state index in [4.69, 9.17) is 9.47 Å². The molecule has 0 bridgehead atoms. The van der Waals surface area contributed by atoms with Crippen molar-refractivity contribution in [3.8, 4) is 11.5 Å². The second-order valence-electron chi connectivity index (χ2n) is 5.56. The molecule has 0 amide bonds. The number of nitrogens with zero attached hydrogens (tertiary/aromatic N) is 1. The van der Waals surface area contributed by atoms with Crippen LogP contribution >= 0.6 is 24.0 Å². The fourth-order valence-electron chi connectivity index (χ4n) is 2.27. The maximum atomic E-state index is 11.5. The van der Waals surface area contributed by atoms with Gasteiger partial charge in [-0.05, 0) is 38.0 Å². The second kappa shape index (κ2) is 13.9. The van der Waals surface area contributed by atoms with E-state index < -0.39 is 9.84 Å². The van der Waals surface area contributed by atoms with Crippen molar-refractivity contribution in [1.82, 2.24) is 10.6 Å².